The van der Waals surface area contributed by atoms with Crippen LogP contribution in [0, 0.1) is 0 Å². The number of methoxy groups -OCH3 is 1. The van der Waals surface area contributed by atoms with E-state index < -0.39 is 0 Å². The fourth-order valence-electron chi connectivity index (χ4n) is 2.15. The van der Waals surface area contributed by atoms with Gasteiger partial charge in [-0.2, -0.15) is 0 Å². The molecule has 4 nitrogen and oxygen atoms in total. The number of hydrogen-bond acceptors (Lipinski definition) is 4. The van der Waals surface area contributed by atoms with Crippen molar-refractivity contribution in [2.45, 2.75) is 32.0 Å². The van der Waals surface area contributed by atoms with Gasteiger partial charge in [-0.25, -0.2) is 4.79 Å². The summed E-state index contributed by atoms with van der Waals surface area (Å²) in [6, 6.07) is 7.31. The van der Waals surface area contributed by atoms with Crippen LogP contribution in [0.5, 0.6) is 0 Å². The summed E-state index contributed by atoms with van der Waals surface area (Å²) in [6.07, 6.45) is 3.27. The number of carbonyl (C=O) groups excluding carboxylic acids is 1. The van der Waals surface area contributed by atoms with E-state index in [-0.39, 0.29) is 12.1 Å². The summed E-state index contributed by atoms with van der Waals surface area (Å²) in [4.78, 5) is 11.9. The number of esters is 1. The summed E-state index contributed by atoms with van der Waals surface area (Å²) in [5.74, 6) is -0.299. The van der Waals surface area contributed by atoms with Crippen LogP contribution in [0.2, 0.25) is 0 Å². The zero-order chi connectivity index (χ0) is 13.5. The largest absolute Gasteiger partial charge is 0.459 e. The first-order valence-electron chi connectivity index (χ1n) is 6.66. The second kappa shape index (κ2) is 7.26. The van der Waals surface area contributed by atoms with E-state index in [9.17, 15) is 4.79 Å². The highest BCUT2D eigenvalue weighted by atomic mass is 16.6. The van der Waals surface area contributed by atoms with Crippen molar-refractivity contribution in [3.63, 3.8) is 0 Å². The predicted molar refractivity (Wildman–Crippen MR) is 71.0 cm³/mol. The highest BCUT2D eigenvalue weighted by Gasteiger charge is 2.16. The van der Waals surface area contributed by atoms with E-state index in [0.29, 0.717) is 18.8 Å². The Morgan fingerprint density at radius 1 is 1.42 bits per heavy atom. The molecule has 104 valence electrons. The monoisotopic (exact) mass is 264 g/mol. The summed E-state index contributed by atoms with van der Waals surface area (Å²) in [7, 11) is 1.63. The standard InChI is InChI=1S/C15H20O4/c1-17-10-12-5-4-6-13(9-12)15(16)19-11-14-7-2-3-8-18-14/h4-6,9,14H,2-3,7-8,10-11H2,1H3. The van der Waals surface area contributed by atoms with Crippen molar-refractivity contribution < 1.29 is 19.0 Å². The lowest BCUT2D eigenvalue weighted by atomic mass is 10.1. The van der Waals surface area contributed by atoms with Crippen LogP contribution in [-0.4, -0.2) is 32.4 Å². The lowest BCUT2D eigenvalue weighted by molar-refractivity contribution is -0.0300. The van der Waals surface area contributed by atoms with E-state index in [4.69, 9.17) is 14.2 Å². The summed E-state index contributed by atoms with van der Waals surface area (Å²) in [6.45, 7) is 1.60. The molecule has 0 aliphatic carbocycles. The van der Waals surface area contributed by atoms with Crippen molar-refractivity contribution in [2.75, 3.05) is 20.3 Å². The van der Waals surface area contributed by atoms with E-state index in [2.05, 4.69) is 0 Å². The number of ether oxygens (including phenoxy) is 3. The van der Waals surface area contributed by atoms with Crippen LogP contribution in [0.3, 0.4) is 0 Å². The van der Waals surface area contributed by atoms with Crippen LogP contribution >= 0.6 is 0 Å². The molecule has 1 aliphatic heterocycles. The van der Waals surface area contributed by atoms with Gasteiger partial charge in [-0.1, -0.05) is 12.1 Å². The van der Waals surface area contributed by atoms with Gasteiger partial charge in [0.1, 0.15) is 6.61 Å². The second-order valence-electron chi connectivity index (χ2n) is 4.72. The Kier molecular flexibility index (Phi) is 5.36. The molecule has 0 radical (unpaired) electrons. The average molecular weight is 264 g/mol. The minimum atomic E-state index is -0.299. The molecule has 1 heterocycles. The quantitative estimate of drug-likeness (QED) is 0.767. The molecule has 0 amide bonds. The van der Waals surface area contributed by atoms with Crippen molar-refractivity contribution in [1.29, 1.82) is 0 Å². The Morgan fingerprint density at radius 3 is 3.05 bits per heavy atom. The zero-order valence-corrected chi connectivity index (χ0v) is 11.3. The average Bonchev–Trinajstić information content (AvgIpc) is 2.46. The van der Waals surface area contributed by atoms with Crippen LogP contribution in [0.1, 0.15) is 35.2 Å². The maximum Gasteiger partial charge on any atom is 0.338 e. The number of hydrogen-bond donors (Lipinski definition) is 0. The maximum atomic E-state index is 11.9. The lowest BCUT2D eigenvalue weighted by Crippen LogP contribution is -2.25. The van der Waals surface area contributed by atoms with Gasteiger partial charge < -0.3 is 14.2 Å². The minimum absolute atomic E-state index is 0.0554. The molecule has 0 bridgehead atoms. The Labute approximate surface area is 113 Å². The third-order valence-corrected chi connectivity index (χ3v) is 3.15. The van der Waals surface area contributed by atoms with Gasteiger partial charge >= 0.3 is 5.97 Å². The fourth-order valence-corrected chi connectivity index (χ4v) is 2.15. The first-order valence-corrected chi connectivity index (χ1v) is 6.66. The summed E-state index contributed by atoms with van der Waals surface area (Å²) < 4.78 is 15.9. The Balaban J connectivity index is 1.86. The van der Waals surface area contributed by atoms with Gasteiger partial charge in [-0.15, -0.1) is 0 Å². The molecule has 1 fully saturated rings. The van der Waals surface area contributed by atoms with Gasteiger partial charge in [0.15, 0.2) is 0 Å². The SMILES string of the molecule is COCc1cccc(C(=O)OCC2CCCCO2)c1. The lowest BCUT2D eigenvalue weighted by Gasteiger charge is -2.22. The van der Waals surface area contributed by atoms with E-state index in [0.717, 1.165) is 31.4 Å². The van der Waals surface area contributed by atoms with Gasteiger partial charge in [0.2, 0.25) is 0 Å². The van der Waals surface area contributed by atoms with Crippen LogP contribution in [0.25, 0.3) is 0 Å². The van der Waals surface area contributed by atoms with E-state index >= 15 is 0 Å². The van der Waals surface area contributed by atoms with E-state index in [1.165, 1.54) is 0 Å². The molecular formula is C15H20O4. The van der Waals surface area contributed by atoms with Gasteiger partial charge in [0.25, 0.3) is 0 Å². The van der Waals surface area contributed by atoms with Crippen molar-refractivity contribution in [3.8, 4) is 0 Å². The maximum absolute atomic E-state index is 11.9. The molecule has 0 N–H and O–H groups in total. The van der Waals surface area contributed by atoms with Crippen LogP contribution in [0.4, 0.5) is 0 Å². The van der Waals surface area contributed by atoms with E-state index in [1.54, 1.807) is 19.2 Å². The predicted octanol–water partition coefficient (Wildman–Crippen LogP) is 2.56. The van der Waals surface area contributed by atoms with Crippen LogP contribution in [0.15, 0.2) is 24.3 Å². The first-order chi connectivity index (χ1) is 9.29. The third-order valence-electron chi connectivity index (χ3n) is 3.15. The number of carbonyl (C=O) groups is 1. The number of benzene rings is 1. The molecule has 0 spiro atoms. The second-order valence-corrected chi connectivity index (χ2v) is 4.72. The third kappa shape index (κ3) is 4.33. The van der Waals surface area contributed by atoms with Crippen molar-refractivity contribution in [3.05, 3.63) is 35.4 Å². The summed E-state index contributed by atoms with van der Waals surface area (Å²) >= 11 is 0. The fraction of sp³-hybridized carbons (Fsp3) is 0.533. The Bertz CT molecular complexity index is 410. The molecule has 4 heteroatoms. The molecule has 0 saturated carbocycles. The molecule has 1 saturated heterocycles. The van der Waals surface area contributed by atoms with Gasteiger partial charge in [-0.3, -0.25) is 0 Å². The molecule has 19 heavy (non-hydrogen) atoms. The summed E-state index contributed by atoms with van der Waals surface area (Å²) in [5, 5.41) is 0. The van der Waals surface area contributed by atoms with Gasteiger partial charge in [0.05, 0.1) is 18.3 Å². The highest BCUT2D eigenvalue weighted by Crippen LogP contribution is 2.14. The van der Waals surface area contributed by atoms with Gasteiger partial charge in [0, 0.05) is 13.7 Å². The first kappa shape index (κ1) is 14.0. The smallest absolute Gasteiger partial charge is 0.338 e. The van der Waals surface area contributed by atoms with E-state index in [1.807, 2.05) is 12.1 Å². The minimum Gasteiger partial charge on any atom is -0.459 e. The molecule has 1 aromatic carbocycles. The molecule has 0 aromatic heterocycles. The Morgan fingerprint density at radius 2 is 2.32 bits per heavy atom. The molecule has 1 aromatic rings. The molecule has 2 rings (SSSR count). The zero-order valence-electron chi connectivity index (χ0n) is 11.3. The topological polar surface area (TPSA) is 44.8 Å². The van der Waals surface area contributed by atoms with Crippen molar-refractivity contribution in [1.82, 2.24) is 0 Å². The number of rotatable bonds is 5. The molecule has 1 unspecified atom stereocenters. The van der Waals surface area contributed by atoms with Crippen LogP contribution in [-0.2, 0) is 20.8 Å². The molecule has 1 atom stereocenters. The van der Waals surface area contributed by atoms with Crippen molar-refractivity contribution in [2.24, 2.45) is 0 Å². The highest BCUT2D eigenvalue weighted by molar-refractivity contribution is 5.89. The normalized spacial score (nSPS) is 19.1. The van der Waals surface area contributed by atoms with Crippen LogP contribution < -0.4 is 0 Å². The Hall–Kier alpha value is -1.39. The van der Waals surface area contributed by atoms with Crippen molar-refractivity contribution >= 4 is 5.97 Å². The summed E-state index contributed by atoms with van der Waals surface area (Å²) in [5.41, 5.74) is 1.52. The molecule has 1 aliphatic rings. The van der Waals surface area contributed by atoms with Gasteiger partial charge in [-0.05, 0) is 37.0 Å². The molecular weight excluding hydrogens is 244 g/mol.